The van der Waals surface area contributed by atoms with E-state index in [1.807, 2.05) is 10.9 Å². The third kappa shape index (κ3) is 1.88. The summed E-state index contributed by atoms with van der Waals surface area (Å²) in [5.74, 6) is 0. The summed E-state index contributed by atoms with van der Waals surface area (Å²) in [5.41, 5.74) is 0.813. The maximum Gasteiger partial charge on any atom is 0.101 e. The van der Waals surface area contributed by atoms with Crippen molar-refractivity contribution >= 4 is 22.6 Å². The predicted octanol–water partition coefficient (Wildman–Crippen LogP) is 2.10. The number of hydrogen-bond donors (Lipinski definition) is 1. The van der Waals surface area contributed by atoms with Crippen molar-refractivity contribution < 1.29 is 5.11 Å². The molecule has 0 unspecified atom stereocenters. The molecule has 72 valence electrons. The van der Waals surface area contributed by atoms with Gasteiger partial charge < -0.3 is 5.11 Å². The molecule has 0 atom stereocenters. The van der Waals surface area contributed by atoms with Crippen LogP contribution >= 0.6 is 22.6 Å². The van der Waals surface area contributed by atoms with Gasteiger partial charge in [-0.05, 0) is 35.4 Å². The summed E-state index contributed by atoms with van der Waals surface area (Å²) in [6.07, 6.45) is 7.15. The summed E-state index contributed by atoms with van der Waals surface area (Å²) in [5, 5.41) is 13.4. The van der Waals surface area contributed by atoms with Crippen molar-refractivity contribution in [3.63, 3.8) is 0 Å². The minimum atomic E-state index is 0.0536. The van der Waals surface area contributed by atoms with E-state index in [4.69, 9.17) is 5.11 Å². The van der Waals surface area contributed by atoms with Gasteiger partial charge in [0, 0.05) is 6.20 Å². The van der Waals surface area contributed by atoms with Crippen LogP contribution in [0.4, 0.5) is 0 Å². The summed E-state index contributed by atoms with van der Waals surface area (Å²) in [4.78, 5) is 0. The molecule has 13 heavy (non-hydrogen) atoms. The molecule has 0 spiro atoms. The van der Waals surface area contributed by atoms with Gasteiger partial charge in [0.25, 0.3) is 0 Å². The van der Waals surface area contributed by atoms with E-state index >= 15 is 0 Å². The van der Waals surface area contributed by atoms with E-state index in [1.54, 1.807) is 0 Å². The lowest BCUT2D eigenvalue weighted by molar-refractivity contribution is 0.273. The first-order chi connectivity index (χ1) is 6.31. The Bertz CT molecular complexity index is 292. The molecule has 0 bridgehead atoms. The van der Waals surface area contributed by atoms with Gasteiger partial charge in [-0.3, -0.25) is 4.68 Å². The lowest BCUT2D eigenvalue weighted by Crippen LogP contribution is -2.05. The van der Waals surface area contributed by atoms with Crippen LogP contribution in [-0.2, 0) is 6.61 Å². The molecule has 0 aliphatic heterocycles. The summed E-state index contributed by atoms with van der Waals surface area (Å²) >= 11 is 2.22. The van der Waals surface area contributed by atoms with Crippen molar-refractivity contribution in [1.29, 1.82) is 0 Å². The summed E-state index contributed by atoms with van der Waals surface area (Å²) < 4.78 is 3.10. The predicted molar refractivity (Wildman–Crippen MR) is 58.4 cm³/mol. The molecular weight excluding hydrogens is 279 g/mol. The Morgan fingerprint density at radius 1 is 1.54 bits per heavy atom. The number of nitrogens with zero attached hydrogens (tertiary/aromatic N) is 2. The Morgan fingerprint density at radius 3 is 2.77 bits per heavy atom. The van der Waals surface area contributed by atoms with Crippen LogP contribution in [0, 0.1) is 3.57 Å². The summed E-state index contributed by atoms with van der Waals surface area (Å²) in [6.45, 7) is 0.0536. The Labute approximate surface area is 91.3 Å². The van der Waals surface area contributed by atoms with Crippen molar-refractivity contribution in [3.05, 3.63) is 15.5 Å². The van der Waals surface area contributed by atoms with Crippen LogP contribution in [0.15, 0.2) is 6.20 Å². The molecule has 3 nitrogen and oxygen atoms in total. The highest BCUT2D eigenvalue weighted by molar-refractivity contribution is 14.1. The fourth-order valence-corrected chi connectivity index (χ4v) is 2.43. The molecule has 0 radical (unpaired) electrons. The van der Waals surface area contributed by atoms with Crippen LogP contribution in [0.3, 0.4) is 0 Å². The van der Waals surface area contributed by atoms with Gasteiger partial charge >= 0.3 is 0 Å². The van der Waals surface area contributed by atoms with Crippen molar-refractivity contribution in [2.24, 2.45) is 0 Å². The molecule has 0 amide bonds. The quantitative estimate of drug-likeness (QED) is 0.848. The summed E-state index contributed by atoms with van der Waals surface area (Å²) in [6, 6.07) is 0.578. The first-order valence-electron chi connectivity index (χ1n) is 4.65. The Kier molecular flexibility index (Phi) is 2.88. The fraction of sp³-hybridized carbons (Fsp3) is 0.667. The van der Waals surface area contributed by atoms with E-state index in [9.17, 15) is 0 Å². The molecule has 2 rings (SSSR count). The number of rotatable bonds is 2. The van der Waals surface area contributed by atoms with Gasteiger partial charge in [-0.1, -0.05) is 12.8 Å². The van der Waals surface area contributed by atoms with Gasteiger partial charge in [-0.25, -0.2) is 0 Å². The molecule has 1 aliphatic rings. The maximum absolute atomic E-state index is 8.99. The molecular formula is C9H13IN2O. The van der Waals surface area contributed by atoms with E-state index in [0.29, 0.717) is 6.04 Å². The van der Waals surface area contributed by atoms with Crippen LogP contribution in [-0.4, -0.2) is 14.9 Å². The Morgan fingerprint density at radius 2 is 2.23 bits per heavy atom. The number of aliphatic hydroxyl groups is 1. The lowest BCUT2D eigenvalue weighted by atomic mass is 10.3. The van der Waals surface area contributed by atoms with Gasteiger partial charge in [-0.15, -0.1) is 0 Å². The van der Waals surface area contributed by atoms with Crippen LogP contribution in [0.5, 0.6) is 0 Å². The molecule has 1 fully saturated rings. The zero-order chi connectivity index (χ0) is 9.26. The van der Waals surface area contributed by atoms with Crippen molar-refractivity contribution in [1.82, 2.24) is 9.78 Å². The van der Waals surface area contributed by atoms with E-state index in [0.717, 1.165) is 9.26 Å². The highest BCUT2D eigenvalue weighted by atomic mass is 127. The highest BCUT2D eigenvalue weighted by Crippen LogP contribution is 2.29. The molecule has 0 aromatic carbocycles. The number of halogens is 1. The normalized spacial score (nSPS) is 18.3. The minimum Gasteiger partial charge on any atom is -0.390 e. The standard InChI is InChI=1S/C9H13IN2O/c10-8-5-12(11-9(8)6-13)7-3-1-2-4-7/h5,7,13H,1-4,6H2. The highest BCUT2D eigenvalue weighted by Gasteiger charge is 2.18. The topological polar surface area (TPSA) is 38.1 Å². The average Bonchev–Trinajstić information content (AvgIpc) is 2.71. The molecule has 1 saturated carbocycles. The maximum atomic E-state index is 8.99. The van der Waals surface area contributed by atoms with Crippen molar-refractivity contribution in [2.75, 3.05) is 0 Å². The van der Waals surface area contributed by atoms with Gasteiger partial charge in [0.05, 0.1) is 16.2 Å². The van der Waals surface area contributed by atoms with Gasteiger partial charge in [0.2, 0.25) is 0 Å². The monoisotopic (exact) mass is 292 g/mol. The van der Waals surface area contributed by atoms with E-state index in [1.165, 1.54) is 25.7 Å². The third-order valence-electron chi connectivity index (χ3n) is 2.61. The van der Waals surface area contributed by atoms with Crippen molar-refractivity contribution in [2.45, 2.75) is 38.3 Å². The Hall–Kier alpha value is -0.100. The number of hydrogen-bond acceptors (Lipinski definition) is 2. The van der Waals surface area contributed by atoms with E-state index in [-0.39, 0.29) is 6.61 Å². The SMILES string of the molecule is OCc1nn(C2CCCC2)cc1I. The lowest BCUT2D eigenvalue weighted by Gasteiger charge is -2.08. The molecule has 1 aliphatic carbocycles. The third-order valence-corrected chi connectivity index (χ3v) is 3.51. The zero-order valence-electron chi connectivity index (χ0n) is 7.41. The molecule has 1 aromatic heterocycles. The first-order valence-corrected chi connectivity index (χ1v) is 5.73. The molecule has 4 heteroatoms. The van der Waals surface area contributed by atoms with E-state index in [2.05, 4.69) is 27.7 Å². The minimum absolute atomic E-state index is 0.0536. The molecule has 1 N–H and O–H groups in total. The first kappa shape index (κ1) is 9.45. The van der Waals surface area contributed by atoms with E-state index < -0.39 is 0 Å². The fourth-order valence-electron chi connectivity index (χ4n) is 1.87. The van der Waals surface area contributed by atoms with Gasteiger partial charge in [0.1, 0.15) is 5.69 Å². The van der Waals surface area contributed by atoms with Crippen molar-refractivity contribution in [3.8, 4) is 0 Å². The summed E-state index contributed by atoms with van der Waals surface area (Å²) in [7, 11) is 0. The largest absolute Gasteiger partial charge is 0.390 e. The molecule has 1 heterocycles. The van der Waals surface area contributed by atoms with Crippen LogP contribution < -0.4 is 0 Å². The van der Waals surface area contributed by atoms with Crippen LogP contribution in [0.2, 0.25) is 0 Å². The second-order valence-corrected chi connectivity index (χ2v) is 4.66. The molecule has 1 aromatic rings. The number of aromatic nitrogens is 2. The Balaban J connectivity index is 2.20. The smallest absolute Gasteiger partial charge is 0.101 e. The van der Waals surface area contributed by atoms with Crippen LogP contribution in [0.1, 0.15) is 37.4 Å². The average molecular weight is 292 g/mol. The van der Waals surface area contributed by atoms with Gasteiger partial charge in [-0.2, -0.15) is 5.10 Å². The second kappa shape index (κ2) is 3.96. The van der Waals surface area contributed by atoms with Crippen LogP contribution in [0.25, 0.3) is 0 Å². The second-order valence-electron chi connectivity index (χ2n) is 3.50. The van der Waals surface area contributed by atoms with Gasteiger partial charge in [0.15, 0.2) is 0 Å². The number of aliphatic hydroxyl groups excluding tert-OH is 1. The zero-order valence-corrected chi connectivity index (χ0v) is 9.57. The molecule has 0 saturated heterocycles.